The van der Waals surface area contributed by atoms with Crippen molar-refractivity contribution in [2.24, 2.45) is 21.7 Å². The van der Waals surface area contributed by atoms with Crippen LogP contribution in [0.1, 0.15) is 11.1 Å². The van der Waals surface area contributed by atoms with E-state index in [9.17, 15) is 4.79 Å². The summed E-state index contributed by atoms with van der Waals surface area (Å²) < 4.78 is 11.6. The van der Waals surface area contributed by atoms with Crippen molar-refractivity contribution in [3.8, 4) is 11.5 Å². The Hall–Kier alpha value is -3.07. The van der Waals surface area contributed by atoms with Gasteiger partial charge in [0.25, 0.3) is 5.91 Å². The molecule has 142 valence electrons. The smallest absolute Gasteiger partial charge is 0.258 e. The van der Waals surface area contributed by atoms with Crippen LogP contribution in [-0.2, 0) is 11.3 Å². The number of guanidine groups is 1. The summed E-state index contributed by atoms with van der Waals surface area (Å²) in [6.07, 6.45) is 1.46. The maximum atomic E-state index is 12.0. The largest absolute Gasteiger partial charge is 0.493 e. The number of carbonyl (C=O) groups is 1. The van der Waals surface area contributed by atoms with Crippen molar-refractivity contribution >= 4 is 34.0 Å². The highest BCUT2D eigenvalue weighted by Crippen LogP contribution is 2.32. The summed E-state index contributed by atoms with van der Waals surface area (Å²) in [5.74, 6) is 0.477. The molecule has 0 saturated carbocycles. The monoisotopic (exact) mass is 433 g/mol. The number of hydrogen-bond acceptors (Lipinski definition) is 5. The van der Waals surface area contributed by atoms with Gasteiger partial charge in [0.2, 0.25) is 5.96 Å². The fraction of sp³-hybridized carbons (Fsp3) is 0.167. The van der Waals surface area contributed by atoms with Crippen LogP contribution in [0.15, 0.2) is 57.1 Å². The van der Waals surface area contributed by atoms with E-state index in [1.54, 1.807) is 12.1 Å². The van der Waals surface area contributed by atoms with Crippen LogP contribution in [0.2, 0.25) is 0 Å². The van der Waals surface area contributed by atoms with Crippen LogP contribution in [0.5, 0.6) is 11.5 Å². The van der Waals surface area contributed by atoms with Gasteiger partial charge in [0.1, 0.15) is 0 Å². The fourth-order valence-corrected chi connectivity index (χ4v) is 2.50. The molecular formula is C18H20BrN5O3. The quantitative estimate of drug-likeness (QED) is 0.332. The molecule has 0 aliphatic rings. The number of hydrogen-bond donors (Lipinski definition) is 3. The first-order valence-electron chi connectivity index (χ1n) is 7.92. The summed E-state index contributed by atoms with van der Waals surface area (Å²) in [6.45, 7) is 0.293. The number of nitrogens with zero attached hydrogens (tertiary/aromatic N) is 2. The Kier molecular flexibility index (Phi) is 7.63. The molecule has 5 N–H and O–H groups in total. The minimum atomic E-state index is -0.240. The van der Waals surface area contributed by atoms with Gasteiger partial charge in [0, 0.05) is 16.6 Å². The van der Waals surface area contributed by atoms with Gasteiger partial charge >= 0.3 is 0 Å². The summed E-state index contributed by atoms with van der Waals surface area (Å²) >= 11 is 3.41. The third kappa shape index (κ3) is 6.63. The Labute approximate surface area is 165 Å². The van der Waals surface area contributed by atoms with Gasteiger partial charge in [-0.25, -0.2) is 0 Å². The molecule has 27 heavy (non-hydrogen) atoms. The average Bonchev–Trinajstić information content (AvgIpc) is 2.66. The standard InChI is InChI=1S/C18H20BrN5O3/c1-26-15-7-13(10-23-24-18(20)21)14(19)8-16(15)27-11-17(25)22-9-12-5-3-2-4-6-12/h2-8,10H,9,11H2,1H3,(H,22,25)(H4,20,21,24). The van der Waals surface area contributed by atoms with Crippen molar-refractivity contribution in [2.75, 3.05) is 13.7 Å². The van der Waals surface area contributed by atoms with E-state index < -0.39 is 0 Å². The lowest BCUT2D eigenvalue weighted by molar-refractivity contribution is -0.123. The first kappa shape index (κ1) is 20.2. The van der Waals surface area contributed by atoms with Gasteiger partial charge in [-0.1, -0.05) is 30.3 Å². The molecule has 0 aliphatic carbocycles. The first-order chi connectivity index (χ1) is 13.0. The van der Waals surface area contributed by atoms with Crippen LogP contribution in [0.4, 0.5) is 0 Å². The van der Waals surface area contributed by atoms with E-state index in [1.807, 2.05) is 30.3 Å². The van der Waals surface area contributed by atoms with Gasteiger partial charge in [0.05, 0.1) is 13.3 Å². The lowest BCUT2D eigenvalue weighted by Crippen LogP contribution is -2.28. The molecule has 0 atom stereocenters. The molecule has 9 heteroatoms. The van der Waals surface area contributed by atoms with Crippen molar-refractivity contribution in [2.45, 2.75) is 6.54 Å². The zero-order valence-electron chi connectivity index (χ0n) is 14.7. The zero-order chi connectivity index (χ0) is 19.6. The van der Waals surface area contributed by atoms with Crippen molar-refractivity contribution in [3.05, 3.63) is 58.1 Å². The molecule has 0 bridgehead atoms. The molecule has 2 aromatic rings. The number of benzene rings is 2. The Morgan fingerprint density at radius 1 is 1.22 bits per heavy atom. The van der Waals surface area contributed by atoms with Crippen LogP contribution in [0.25, 0.3) is 0 Å². The minimum absolute atomic E-state index is 0.142. The van der Waals surface area contributed by atoms with Gasteiger partial charge in [-0.05, 0) is 33.6 Å². The predicted molar refractivity (Wildman–Crippen MR) is 108 cm³/mol. The van der Waals surface area contributed by atoms with E-state index in [0.717, 1.165) is 5.56 Å². The van der Waals surface area contributed by atoms with E-state index in [4.69, 9.17) is 20.9 Å². The van der Waals surface area contributed by atoms with Crippen LogP contribution < -0.4 is 26.3 Å². The number of ether oxygens (including phenoxy) is 2. The molecule has 8 nitrogen and oxygen atoms in total. The Morgan fingerprint density at radius 2 is 1.96 bits per heavy atom. The molecule has 0 aromatic heterocycles. The maximum Gasteiger partial charge on any atom is 0.258 e. The molecule has 0 heterocycles. The van der Waals surface area contributed by atoms with Gasteiger partial charge in [-0.15, -0.1) is 5.10 Å². The Morgan fingerprint density at radius 3 is 2.63 bits per heavy atom. The van der Waals surface area contributed by atoms with E-state index in [2.05, 4.69) is 31.4 Å². The SMILES string of the molecule is COc1cc(C=NN=C(N)N)c(Br)cc1OCC(=O)NCc1ccccc1. The first-order valence-corrected chi connectivity index (χ1v) is 8.72. The highest BCUT2D eigenvalue weighted by molar-refractivity contribution is 9.10. The summed E-state index contributed by atoms with van der Waals surface area (Å²) in [6, 6.07) is 13.0. The second kappa shape index (κ2) is 10.2. The predicted octanol–water partition coefficient (Wildman–Crippen LogP) is 1.76. The number of halogens is 1. The van der Waals surface area contributed by atoms with Crippen LogP contribution in [0.3, 0.4) is 0 Å². The molecule has 2 aromatic carbocycles. The molecule has 1 amide bonds. The number of amides is 1. The van der Waals surface area contributed by atoms with Gasteiger partial charge in [0.15, 0.2) is 18.1 Å². The van der Waals surface area contributed by atoms with Crippen LogP contribution >= 0.6 is 15.9 Å². The number of rotatable bonds is 8. The minimum Gasteiger partial charge on any atom is -0.493 e. The highest BCUT2D eigenvalue weighted by Gasteiger charge is 2.11. The van der Waals surface area contributed by atoms with Crippen LogP contribution in [0, 0.1) is 0 Å². The van der Waals surface area contributed by atoms with Gasteiger partial charge in [-0.3, -0.25) is 4.79 Å². The number of carbonyl (C=O) groups excluding carboxylic acids is 1. The highest BCUT2D eigenvalue weighted by atomic mass is 79.9. The second-order valence-electron chi connectivity index (χ2n) is 5.35. The average molecular weight is 434 g/mol. The molecule has 0 radical (unpaired) electrons. The lowest BCUT2D eigenvalue weighted by Gasteiger charge is -2.12. The molecule has 0 aliphatic heterocycles. The molecule has 0 spiro atoms. The summed E-state index contributed by atoms with van der Waals surface area (Å²) in [7, 11) is 1.50. The maximum absolute atomic E-state index is 12.0. The molecule has 2 rings (SSSR count). The molecule has 0 saturated heterocycles. The topological polar surface area (TPSA) is 124 Å². The van der Waals surface area contributed by atoms with E-state index in [1.165, 1.54) is 13.3 Å². The molecule has 0 fully saturated rings. The van der Waals surface area contributed by atoms with Crippen molar-refractivity contribution in [3.63, 3.8) is 0 Å². The second-order valence-corrected chi connectivity index (χ2v) is 6.20. The van der Waals surface area contributed by atoms with Crippen LogP contribution in [-0.4, -0.2) is 31.8 Å². The van der Waals surface area contributed by atoms with E-state index in [-0.39, 0.29) is 18.5 Å². The van der Waals surface area contributed by atoms with Gasteiger partial charge in [-0.2, -0.15) is 5.10 Å². The Balaban J connectivity index is 1.99. The van der Waals surface area contributed by atoms with E-state index in [0.29, 0.717) is 28.1 Å². The third-order valence-corrected chi connectivity index (χ3v) is 4.03. The number of nitrogens with two attached hydrogens (primary N) is 2. The summed E-state index contributed by atoms with van der Waals surface area (Å²) in [4.78, 5) is 12.0. The Bertz CT molecular complexity index is 836. The molecular weight excluding hydrogens is 414 g/mol. The summed E-state index contributed by atoms with van der Waals surface area (Å²) in [5, 5.41) is 10.1. The van der Waals surface area contributed by atoms with Crippen molar-refractivity contribution in [1.29, 1.82) is 0 Å². The third-order valence-electron chi connectivity index (χ3n) is 3.34. The number of methoxy groups -OCH3 is 1. The van der Waals surface area contributed by atoms with Crippen molar-refractivity contribution in [1.82, 2.24) is 5.32 Å². The number of nitrogens with one attached hydrogen (secondary N) is 1. The summed E-state index contributed by atoms with van der Waals surface area (Å²) in [5.41, 5.74) is 12.1. The zero-order valence-corrected chi connectivity index (χ0v) is 16.3. The van der Waals surface area contributed by atoms with Crippen molar-refractivity contribution < 1.29 is 14.3 Å². The lowest BCUT2D eigenvalue weighted by atomic mass is 10.2. The fourth-order valence-electron chi connectivity index (χ4n) is 2.07. The van der Waals surface area contributed by atoms with E-state index >= 15 is 0 Å². The molecule has 0 unspecified atom stereocenters. The van der Waals surface area contributed by atoms with Gasteiger partial charge < -0.3 is 26.3 Å². The normalized spacial score (nSPS) is 10.4.